The van der Waals surface area contributed by atoms with Crippen LogP contribution in [0.5, 0.6) is 5.75 Å². The summed E-state index contributed by atoms with van der Waals surface area (Å²) in [5, 5.41) is 10.2. The minimum Gasteiger partial charge on any atom is -0.496 e. The van der Waals surface area contributed by atoms with Gasteiger partial charge in [-0.15, -0.1) is 0 Å². The number of para-hydroxylation sites is 2. The van der Waals surface area contributed by atoms with Crippen LogP contribution < -0.4 is 4.74 Å². The molecule has 8 nitrogen and oxygen atoms in total. The standard InChI is InChI=1S/C21H16N6O2S/c1-28-17-10-6-5-9-15(17)19-25-18(29-26-19)12-30-21-16-11-24-27(20(16)22-13-23-21)14-7-3-2-4-8-14/h2-11,13H,12H2,1H3. The van der Waals surface area contributed by atoms with Gasteiger partial charge in [0.2, 0.25) is 11.7 Å². The number of methoxy groups -OCH3 is 1. The molecule has 0 amide bonds. The number of ether oxygens (including phenoxy) is 1. The van der Waals surface area contributed by atoms with Gasteiger partial charge >= 0.3 is 0 Å². The van der Waals surface area contributed by atoms with E-state index >= 15 is 0 Å². The first-order valence-corrected chi connectivity index (χ1v) is 10.1. The van der Waals surface area contributed by atoms with Crippen LogP contribution >= 0.6 is 11.8 Å². The minimum absolute atomic E-state index is 0.477. The molecule has 0 bridgehead atoms. The van der Waals surface area contributed by atoms with Crippen molar-refractivity contribution in [3.8, 4) is 22.8 Å². The molecule has 148 valence electrons. The summed E-state index contributed by atoms with van der Waals surface area (Å²) < 4.78 is 12.6. The molecule has 0 fully saturated rings. The van der Waals surface area contributed by atoms with E-state index in [1.165, 1.54) is 11.8 Å². The number of thioether (sulfide) groups is 1. The zero-order valence-corrected chi connectivity index (χ0v) is 16.8. The zero-order valence-electron chi connectivity index (χ0n) is 16.0. The van der Waals surface area contributed by atoms with Gasteiger partial charge in [-0.3, -0.25) is 0 Å². The second-order valence-electron chi connectivity index (χ2n) is 6.31. The van der Waals surface area contributed by atoms with Crippen molar-refractivity contribution in [3.63, 3.8) is 0 Å². The van der Waals surface area contributed by atoms with Crippen LogP contribution in [0.3, 0.4) is 0 Å². The maximum Gasteiger partial charge on any atom is 0.237 e. The van der Waals surface area contributed by atoms with Crippen molar-refractivity contribution in [2.24, 2.45) is 0 Å². The average molecular weight is 416 g/mol. The van der Waals surface area contributed by atoms with E-state index in [1.54, 1.807) is 24.3 Å². The first-order valence-electron chi connectivity index (χ1n) is 9.16. The van der Waals surface area contributed by atoms with E-state index in [0.29, 0.717) is 23.2 Å². The van der Waals surface area contributed by atoms with Gasteiger partial charge in [0.1, 0.15) is 17.1 Å². The topological polar surface area (TPSA) is 91.8 Å². The molecule has 0 radical (unpaired) electrons. The van der Waals surface area contributed by atoms with Gasteiger partial charge in [-0.05, 0) is 24.3 Å². The fourth-order valence-corrected chi connectivity index (χ4v) is 3.88. The molecule has 3 heterocycles. The lowest BCUT2D eigenvalue weighted by Crippen LogP contribution is -1.97. The number of hydrogen-bond donors (Lipinski definition) is 0. The van der Waals surface area contributed by atoms with E-state index in [0.717, 1.165) is 27.3 Å². The Morgan fingerprint density at radius 1 is 1.03 bits per heavy atom. The number of aromatic nitrogens is 6. The summed E-state index contributed by atoms with van der Waals surface area (Å²) in [5.41, 5.74) is 2.48. The van der Waals surface area contributed by atoms with Crippen molar-refractivity contribution in [2.75, 3.05) is 7.11 Å². The van der Waals surface area contributed by atoms with Gasteiger partial charge < -0.3 is 9.26 Å². The lowest BCUT2D eigenvalue weighted by atomic mass is 10.2. The lowest BCUT2D eigenvalue weighted by molar-refractivity contribution is 0.390. The molecule has 3 aromatic heterocycles. The fourth-order valence-electron chi connectivity index (χ4n) is 3.08. The molecule has 0 N–H and O–H groups in total. The van der Waals surface area contributed by atoms with Crippen LogP contribution in [0.25, 0.3) is 28.1 Å². The van der Waals surface area contributed by atoms with E-state index in [9.17, 15) is 0 Å². The van der Waals surface area contributed by atoms with Crippen molar-refractivity contribution < 1.29 is 9.26 Å². The van der Waals surface area contributed by atoms with Gasteiger partial charge in [0, 0.05) is 0 Å². The molecular weight excluding hydrogens is 400 g/mol. The van der Waals surface area contributed by atoms with Crippen molar-refractivity contribution in [1.29, 1.82) is 0 Å². The third-order valence-electron chi connectivity index (χ3n) is 4.48. The molecular formula is C21H16N6O2S. The first kappa shape index (κ1) is 18.3. The molecule has 5 aromatic rings. The van der Waals surface area contributed by atoms with Crippen LogP contribution in [0.2, 0.25) is 0 Å². The molecule has 9 heteroatoms. The summed E-state index contributed by atoms with van der Waals surface area (Å²) in [6, 6.07) is 17.4. The molecule has 2 aromatic carbocycles. The van der Waals surface area contributed by atoms with Crippen molar-refractivity contribution in [2.45, 2.75) is 10.8 Å². The van der Waals surface area contributed by atoms with Crippen LogP contribution in [-0.2, 0) is 5.75 Å². The van der Waals surface area contributed by atoms with E-state index in [4.69, 9.17) is 9.26 Å². The Morgan fingerprint density at radius 3 is 2.73 bits per heavy atom. The van der Waals surface area contributed by atoms with Gasteiger partial charge in [-0.25, -0.2) is 14.6 Å². The fraction of sp³-hybridized carbons (Fsp3) is 0.0952. The Balaban J connectivity index is 1.39. The maximum atomic E-state index is 5.43. The predicted molar refractivity (Wildman–Crippen MR) is 113 cm³/mol. The summed E-state index contributed by atoms with van der Waals surface area (Å²) in [5.74, 6) is 2.17. The normalized spacial score (nSPS) is 11.1. The highest BCUT2D eigenvalue weighted by Crippen LogP contribution is 2.30. The first-order chi connectivity index (χ1) is 14.8. The van der Waals surface area contributed by atoms with Gasteiger partial charge in [0.15, 0.2) is 5.65 Å². The number of hydrogen-bond acceptors (Lipinski definition) is 8. The van der Waals surface area contributed by atoms with Crippen LogP contribution in [0, 0.1) is 0 Å². The van der Waals surface area contributed by atoms with E-state index in [2.05, 4.69) is 25.2 Å². The summed E-state index contributed by atoms with van der Waals surface area (Å²) in [4.78, 5) is 13.3. The molecule has 30 heavy (non-hydrogen) atoms. The Morgan fingerprint density at radius 2 is 1.87 bits per heavy atom. The summed E-state index contributed by atoms with van der Waals surface area (Å²) in [7, 11) is 1.62. The maximum absolute atomic E-state index is 5.43. The number of benzene rings is 2. The third kappa shape index (κ3) is 3.39. The SMILES string of the molecule is COc1ccccc1-c1noc(CSc2ncnc3c2cnn3-c2ccccc2)n1. The molecule has 0 aliphatic heterocycles. The van der Waals surface area contributed by atoms with Gasteiger partial charge in [-0.1, -0.05) is 47.3 Å². The minimum atomic E-state index is 0.477. The highest BCUT2D eigenvalue weighted by Gasteiger charge is 2.15. The second kappa shape index (κ2) is 7.96. The van der Waals surface area contributed by atoms with Gasteiger partial charge in [-0.2, -0.15) is 10.1 Å². The van der Waals surface area contributed by atoms with Gasteiger partial charge in [0.05, 0.1) is 35.7 Å². The average Bonchev–Trinajstić information content (AvgIpc) is 3.46. The summed E-state index contributed by atoms with van der Waals surface area (Å²) in [6.07, 6.45) is 3.32. The molecule has 0 saturated carbocycles. The Kier molecular flexibility index (Phi) is 4.86. The highest BCUT2D eigenvalue weighted by atomic mass is 32.2. The molecule has 5 rings (SSSR count). The van der Waals surface area contributed by atoms with Crippen molar-refractivity contribution in [3.05, 3.63) is 73.0 Å². The van der Waals surface area contributed by atoms with Crippen molar-refractivity contribution in [1.82, 2.24) is 29.9 Å². The molecule has 0 unspecified atom stereocenters. The smallest absolute Gasteiger partial charge is 0.237 e. The molecule has 0 atom stereocenters. The predicted octanol–water partition coefficient (Wildman–Crippen LogP) is 4.17. The van der Waals surface area contributed by atoms with Crippen LogP contribution in [-0.4, -0.2) is 37.0 Å². The molecule has 0 saturated heterocycles. The second-order valence-corrected chi connectivity index (χ2v) is 7.27. The van der Waals surface area contributed by atoms with E-state index in [-0.39, 0.29) is 0 Å². The van der Waals surface area contributed by atoms with Crippen LogP contribution in [0.15, 0.2) is 76.7 Å². The lowest BCUT2D eigenvalue weighted by Gasteiger charge is -2.03. The summed E-state index contributed by atoms with van der Waals surface area (Å²) >= 11 is 1.50. The molecule has 0 spiro atoms. The quantitative estimate of drug-likeness (QED) is 0.301. The third-order valence-corrected chi connectivity index (χ3v) is 5.47. The monoisotopic (exact) mass is 416 g/mol. The summed E-state index contributed by atoms with van der Waals surface area (Å²) in [6.45, 7) is 0. The molecule has 0 aliphatic rings. The van der Waals surface area contributed by atoms with Gasteiger partial charge in [0.25, 0.3) is 0 Å². The van der Waals surface area contributed by atoms with E-state index in [1.807, 2.05) is 54.6 Å². The van der Waals surface area contributed by atoms with Crippen LogP contribution in [0.1, 0.15) is 5.89 Å². The Hall–Kier alpha value is -3.72. The van der Waals surface area contributed by atoms with E-state index < -0.39 is 0 Å². The highest BCUT2D eigenvalue weighted by molar-refractivity contribution is 7.98. The van der Waals surface area contributed by atoms with Crippen molar-refractivity contribution >= 4 is 22.8 Å². The number of rotatable bonds is 6. The zero-order chi connectivity index (χ0) is 20.3. The number of fused-ring (bicyclic) bond motifs is 1. The number of nitrogens with zero attached hydrogens (tertiary/aromatic N) is 6. The Bertz CT molecular complexity index is 1300. The van der Waals surface area contributed by atoms with Crippen LogP contribution in [0.4, 0.5) is 0 Å². The Labute approximate surface area is 175 Å². The largest absolute Gasteiger partial charge is 0.496 e. The molecule has 0 aliphatic carbocycles.